The highest BCUT2D eigenvalue weighted by Crippen LogP contribution is 1.94. The second-order valence-electron chi connectivity index (χ2n) is 3.23. The van der Waals surface area contributed by atoms with Gasteiger partial charge in [0.25, 0.3) is 0 Å². The van der Waals surface area contributed by atoms with Crippen LogP contribution in [-0.4, -0.2) is 57.2 Å². The number of amides is 1. The molecule has 5 nitrogen and oxygen atoms in total. The van der Waals surface area contributed by atoms with Crippen molar-refractivity contribution in [3.05, 3.63) is 0 Å². The van der Waals surface area contributed by atoms with Gasteiger partial charge >= 0.3 is 0 Å². The molecule has 0 aliphatic heterocycles. The van der Waals surface area contributed by atoms with Crippen molar-refractivity contribution in [2.45, 2.75) is 13.3 Å². The second-order valence-corrected chi connectivity index (χ2v) is 3.23. The fourth-order valence-corrected chi connectivity index (χ4v) is 1.21. The third-order valence-corrected chi connectivity index (χ3v) is 2.09. The normalized spacial score (nSPS) is 10.3. The molecule has 0 aromatic carbocycles. The van der Waals surface area contributed by atoms with Gasteiger partial charge in [0.1, 0.15) is 0 Å². The fraction of sp³-hybridized carbons (Fsp3) is 0.900. The number of hydrogen-bond acceptors (Lipinski definition) is 4. The molecule has 1 amide bonds. The molecule has 0 saturated carbocycles. The maximum absolute atomic E-state index is 11.6. The maximum atomic E-state index is 11.6. The largest absolute Gasteiger partial charge is 0.380 e. The molecule has 3 N–H and O–H groups in total. The predicted octanol–water partition coefficient (Wildman–Crippen LogP) is -0.580. The second kappa shape index (κ2) is 9.89. The summed E-state index contributed by atoms with van der Waals surface area (Å²) in [6.45, 7) is 5.80. The smallest absolute Gasteiger partial charge is 0.224 e. The lowest BCUT2D eigenvalue weighted by Gasteiger charge is -2.20. The number of ether oxygens (including phenoxy) is 1. The lowest BCUT2D eigenvalue weighted by atomic mass is 10.3. The molecule has 15 heavy (non-hydrogen) atoms. The third kappa shape index (κ3) is 7.30. The molecule has 0 aliphatic rings. The zero-order valence-corrected chi connectivity index (χ0v) is 9.79. The zero-order chi connectivity index (χ0) is 11.5. The van der Waals surface area contributed by atoms with E-state index in [0.29, 0.717) is 26.2 Å². The SMILES string of the molecule is CCN(CCNC)C(=O)CCOCCN. The topological polar surface area (TPSA) is 67.6 Å². The Hall–Kier alpha value is -0.650. The summed E-state index contributed by atoms with van der Waals surface area (Å²) in [4.78, 5) is 13.5. The van der Waals surface area contributed by atoms with Crippen LogP contribution in [0.15, 0.2) is 0 Å². The first-order chi connectivity index (χ1) is 7.26. The third-order valence-electron chi connectivity index (χ3n) is 2.09. The quantitative estimate of drug-likeness (QED) is 0.507. The van der Waals surface area contributed by atoms with Crippen molar-refractivity contribution in [1.82, 2.24) is 10.2 Å². The van der Waals surface area contributed by atoms with Gasteiger partial charge in [-0.15, -0.1) is 0 Å². The van der Waals surface area contributed by atoms with Crippen LogP contribution in [0.25, 0.3) is 0 Å². The molecule has 0 heterocycles. The van der Waals surface area contributed by atoms with Gasteiger partial charge in [0.2, 0.25) is 5.91 Å². The maximum Gasteiger partial charge on any atom is 0.224 e. The van der Waals surface area contributed by atoms with Gasteiger partial charge in [-0.25, -0.2) is 0 Å². The molecule has 0 atom stereocenters. The molecule has 0 saturated heterocycles. The first-order valence-electron chi connectivity index (χ1n) is 5.46. The minimum Gasteiger partial charge on any atom is -0.380 e. The van der Waals surface area contributed by atoms with Gasteiger partial charge in [-0.2, -0.15) is 0 Å². The van der Waals surface area contributed by atoms with Gasteiger partial charge < -0.3 is 20.7 Å². The van der Waals surface area contributed by atoms with Crippen molar-refractivity contribution in [2.75, 3.05) is 46.4 Å². The Kier molecular flexibility index (Phi) is 9.46. The van der Waals surface area contributed by atoms with Gasteiger partial charge in [0.05, 0.1) is 19.6 Å². The Morgan fingerprint density at radius 1 is 1.47 bits per heavy atom. The van der Waals surface area contributed by atoms with Crippen LogP contribution >= 0.6 is 0 Å². The summed E-state index contributed by atoms with van der Waals surface area (Å²) >= 11 is 0. The average molecular weight is 217 g/mol. The summed E-state index contributed by atoms with van der Waals surface area (Å²) in [5.74, 6) is 0.143. The van der Waals surface area contributed by atoms with Crippen molar-refractivity contribution in [1.29, 1.82) is 0 Å². The van der Waals surface area contributed by atoms with E-state index in [-0.39, 0.29) is 5.91 Å². The van der Waals surface area contributed by atoms with E-state index in [4.69, 9.17) is 10.5 Å². The molecular weight excluding hydrogens is 194 g/mol. The highest BCUT2D eigenvalue weighted by atomic mass is 16.5. The molecule has 90 valence electrons. The number of rotatable bonds is 9. The van der Waals surface area contributed by atoms with Crippen LogP contribution in [0.3, 0.4) is 0 Å². The summed E-state index contributed by atoms with van der Waals surface area (Å²) in [5.41, 5.74) is 5.27. The molecule has 0 bridgehead atoms. The van der Waals surface area contributed by atoms with Crippen molar-refractivity contribution in [3.63, 3.8) is 0 Å². The molecule has 5 heteroatoms. The predicted molar refractivity (Wildman–Crippen MR) is 60.7 cm³/mol. The fourth-order valence-electron chi connectivity index (χ4n) is 1.21. The summed E-state index contributed by atoms with van der Waals surface area (Å²) in [6.07, 6.45) is 0.442. The Labute approximate surface area is 91.9 Å². The van der Waals surface area contributed by atoms with Gasteiger partial charge in [-0.1, -0.05) is 0 Å². The molecule has 0 rings (SSSR count). The Morgan fingerprint density at radius 2 is 2.20 bits per heavy atom. The van der Waals surface area contributed by atoms with E-state index in [2.05, 4.69) is 5.32 Å². The highest BCUT2D eigenvalue weighted by Gasteiger charge is 2.09. The van der Waals surface area contributed by atoms with Crippen LogP contribution in [0.2, 0.25) is 0 Å². The number of hydrogen-bond donors (Lipinski definition) is 2. The number of likely N-dealkylation sites (N-methyl/N-ethyl adjacent to an activating group) is 2. The van der Waals surface area contributed by atoms with Crippen LogP contribution in [-0.2, 0) is 9.53 Å². The Bertz CT molecular complexity index is 165. The zero-order valence-electron chi connectivity index (χ0n) is 9.79. The van der Waals surface area contributed by atoms with Crippen LogP contribution in [0.1, 0.15) is 13.3 Å². The van der Waals surface area contributed by atoms with Crippen LogP contribution < -0.4 is 11.1 Å². The lowest BCUT2D eigenvalue weighted by Crippen LogP contribution is -2.36. The van der Waals surface area contributed by atoms with Gasteiger partial charge in [-0.05, 0) is 14.0 Å². The van der Waals surface area contributed by atoms with E-state index in [9.17, 15) is 4.79 Å². The Morgan fingerprint density at radius 3 is 2.73 bits per heavy atom. The number of carbonyl (C=O) groups is 1. The number of nitrogens with one attached hydrogen (secondary N) is 1. The summed E-state index contributed by atoms with van der Waals surface area (Å²) in [5, 5.41) is 3.02. The van der Waals surface area contributed by atoms with E-state index in [1.54, 1.807) is 0 Å². The van der Waals surface area contributed by atoms with Crippen molar-refractivity contribution >= 4 is 5.91 Å². The number of nitrogens with zero attached hydrogens (tertiary/aromatic N) is 1. The van der Waals surface area contributed by atoms with E-state index in [1.165, 1.54) is 0 Å². The van der Waals surface area contributed by atoms with Crippen LogP contribution in [0, 0.1) is 0 Å². The molecule has 0 aliphatic carbocycles. The van der Waals surface area contributed by atoms with Crippen molar-refractivity contribution in [2.24, 2.45) is 5.73 Å². The Balaban J connectivity index is 3.63. The summed E-state index contributed by atoms with van der Waals surface area (Å²) in [7, 11) is 1.88. The average Bonchev–Trinajstić information content (AvgIpc) is 2.25. The van der Waals surface area contributed by atoms with Crippen LogP contribution in [0.5, 0.6) is 0 Å². The molecule has 0 fully saturated rings. The van der Waals surface area contributed by atoms with Gasteiger partial charge in [-0.3, -0.25) is 4.79 Å². The number of carbonyl (C=O) groups excluding carboxylic acids is 1. The van der Waals surface area contributed by atoms with E-state index in [0.717, 1.165) is 19.6 Å². The lowest BCUT2D eigenvalue weighted by molar-refractivity contribution is -0.132. The first kappa shape index (κ1) is 14.3. The van der Waals surface area contributed by atoms with Crippen LogP contribution in [0.4, 0.5) is 0 Å². The standard InChI is InChI=1S/C10H23N3O2/c1-3-13(7-6-12-2)10(14)4-8-15-9-5-11/h12H,3-9,11H2,1-2H3. The first-order valence-corrected chi connectivity index (χ1v) is 5.46. The minimum atomic E-state index is 0.143. The van der Waals surface area contributed by atoms with E-state index in [1.807, 2.05) is 18.9 Å². The monoisotopic (exact) mass is 217 g/mol. The minimum absolute atomic E-state index is 0.143. The van der Waals surface area contributed by atoms with Gasteiger partial charge in [0.15, 0.2) is 0 Å². The summed E-state index contributed by atoms with van der Waals surface area (Å²) < 4.78 is 5.16. The molecule has 0 radical (unpaired) electrons. The molecule has 0 aromatic heterocycles. The molecule has 0 aromatic rings. The number of nitrogens with two attached hydrogens (primary N) is 1. The summed E-state index contributed by atoms with van der Waals surface area (Å²) in [6, 6.07) is 0. The molecular formula is C10H23N3O2. The highest BCUT2D eigenvalue weighted by molar-refractivity contribution is 5.76. The van der Waals surface area contributed by atoms with Gasteiger partial charge in [0, 0.05) is 26.2 Å². The van der Waals surface area contributed by atoms with E-state index < -0.39 is 0 Å². The molecule has 0 unspecified atom stereocenters. The molecule has 0 spiro atoms. The van der Waals surface area contributed by atoms with Crippen molar-refractivity contribution < 1.29 is 9.53 Å². The van der Waals surface area contributed by atoms with E-state index >= 15 is 0 Å². The van der Waals surface area contributed by atoms with Crippen molar-refractivity contribution in [3.8, 4) is 0 Å².